The van der Waals surface area contributed by atoms with E-state index in [-0.39, 0.29) is 12.5 Å². The van der Waals surface area contributed by atoms with E-state index in [1.54, 1.807) is 19.4 Å². The second-order valence-corrected chi connectivity index (χ2v) is 6.27. The molecule has 0 spiro atoms. The van der Waals surface area contributed by atoms with Gasteiger partial charge in [0.15, 0.2) is 0 Å². The van der Waals surface area contributed by atoms with E-state index in [1.165, 1.54) is 0 Å². The molecule has 0 aliphatic rings. The number of para-hydroxylation sites is 1. The van der Waals surface area contributed by atoms with Gasteiger partial charge < -0.3 is 19.2 Å². The molecule has 3 aromatic rings. The Bertz CT molecular complexity index is 850. The number of methoxy groups -OCH3 is 1. The maximum absolute atomic E-state index is 12.5. The first-order valence-corrected chi connectivity index (χ1v) is 9.09. The molecule has 0 aliphatic heterocycles. The molecule has 1 heterocycles. The Kier molecular flexibility index (Phi) is 7.23. The highest BCUT2D eigenvalue weighted by Gasteiger charge is 2.13. The van der Waals surface area contributed by atoms with E-state index in [9.17, 15) is 4.79 Å². The molecule has 1 N–H and O–H groups in total. The molecule has 0 bridgehead atoms. The average Bonchev–Trinajstić information content (AvgIpc) is 3.20. The van der Waals surface area contributed by atoms with E-state index in [0.717, 1.165) is 11.5 Å². The molecule has 0 unspecified atom stereocenters. The quantitative estimate of drug-likeness (QED) is 0.572. The summed E-state index contributed by atoms with van der Waals surface area (Å²) >= 11 is 0. The van der Waals surface area contributed by atoms with Gasteiger partial charge in [-0.25, -0.2) is 0 Å². The highest BCUT2D eigenvalue weighted by Crippen LogP contribution is 2.23. The van der Waals surface area contributed by atoms with Gasteiger partial charge in [-0.15, -0.1) is 0 Å². The van der Waals surface area contributed by atoms with Crippen LogP contribution in [0.15, 0.2) is 77.4 Å². The van der Waals surface area contributed by atoms with Crippen LogP contribution in [0.5, 0.6) is 11.5 Å². The van der Waals surface area contributed by atoms with Crippen LogP contribution in [-0.2, 0) is 16.1 Å². The molecule has 0 saturated carbocycles. The maximum Gasteiger partial charge on any atom is 0.238 e. The predicted molar refractivity (Wildman–Crippen MR) is 107 cm³/mol. The van der Waals surface area contributed by atoms with Crippen molar-refractivity contribution in [1.82, 2.24) is 4.90 Å². The van der Waals surface area contributed by atoms with Crippen LogP contribution in [0.3, 0.4) is 0 Å². The summed E-state index contributed by atoms with van der Waals surface area (Å²) in [7, 11) is 1.64. The van der Waals surface area contributed by atoms with Gasteiger partial charge in [0.05, 0.1) is 26.0 Å². The van der Waals surface area contributed by atoms with Crippen molar-refractivity contribution >= 4 is 11.6 Å². The van der Waals surface area contributed by atoms with Crippen LogP contribution in [-0.4, -0.2) is 37.6 Å². The van der Waals surface area contributed by atoms with Gasteiger partial charge in [0, 0.05) is 25.4 Å². The number of ether oxygens (including phenoxy) is 2. The van der Waals surface area contributed by atoms with Gasteiger partial charge >= 0.3 is 0 Å². The molecule has 1 amide bonds. The van der Waals surface area contributed by atoms with Crippen molar-refractivity contribution in [2.75, 3.05) is 32.1 Å². The molecule has 0 radical (unpaired) electrons. The first-order chi connectivity index (χ1) is 13.7. The van der Waals surface area contributed by atoms with E-state index in [2.05, 4.69) is 5.32 Å². The van der Waals surface area contributed by atoms with E-state index in [1.807, 2.05) is 65.6 Å². The SMILES string of the molecule is COCCN(CC(=O)Nc1cccc(Oc2ccccc2)c1)Cc1ccco1. The van der Waals surface area contributed by atoms with Crippen LogP contribution in [0.1, 0.15) is 5.76 Å². The fraction of sp³-hybridized carbons (Fsp3) is 0.227. The summed E-state index contributed by atoms with van der Waals surface area (Å²) in [5.41, 5.74) is 0.683. The Morgan fingerprint density at radius 1 is 1.04 bits per heavy atom. The van der Waals surface area contributed by atoms with Crippen LogP contribution < -0.4 is 10.1 Å². The normalized spacial score (nSPS) is 10.8. The molecular formula is C22H24N2O4. The zero-order chi connectivity index (χ0) is 19.6. The standard InChI is InChI=1S/C22H24N2O4/c1-26-14-12-24(16-21-11-6-13-27-21)17-22(25)23-18-7-5-10-20(15-18)28-19-8-3-2-4-9-19/h2-11,13,15H,12,14,16-17H2,1H3,(H,23,25). The third-order valence-corrected chi connectivity index (χ3v) is 4.04. The van der Waals surface area contributed by atoms with Gasteiger partial charge in [-0.05, 0) is 36.4 Å². The Hall–Kier alpha value is -3.09. The number of carbonyl (C=O) groups is 1. The average molecular weight is 380 g/mol. The number of nitrogens with one attached hydrogen (secondary N) is 1. The first kappa shape index (κ1) is 19.7. The molecule has 2 aromatic carbocycles. The molecule has 146 valence electrons. The molecule has 0 atom stereocenters. The Morgan fingerprint density at radius 2 is 1.86 bits per heavy atom. The molecule has 0 aliphatic carbocycles. The lowest BCUT2D eigenvalue weighted by molar-refractivity contribution is -0.117. The lowest BCUT2D eigenvalue weighted by Gasteiger charge is -2.20. The lowest BCUT2D eigenvalue weighted by Crippen LogP contribution is -2.35. The fourth-order valence-corrected chi connectivity index (χ4v) is 2.72. The summed E-state index contributed by atoms with van der Waals surface area (Å²) in [5.74, 6) is 2.10. The van der Waals surface area contributed by atoms with Crippen molar-refractivity contribution < 1.29 is 18.7 Å². The Balaban J connectivity index is 1.58. The number of hydrogen-bond acceptors (Lipinski definition) is 5. The van der Waals surface area contributed by atoms with Crippen molar-refractivity contribution in [2.45, 2.75) is 6.54 Å². The highest BCUT2D eigenvalue weighted by atomic mass is 16.5. The van der Waals surface area contributed by atoms with E-state index in [0.29, 0.717) is 31.1 Å². The minimum atomic E-state index is -0.112. The monoisotopic (exact) mass is 380 g/mol. The second-order valence-electron chi connectivity index (χ2n) is 6.27. The highest BCUT2D eigenvalue weighted by molar-refractivity contribution is 5.92. The van der Waals surface area contributed by atoms with Crippen molar-refractivity contribution in [3.05, 3.63) is 78.8 Å². The summed E-state index contributed by atoms with van der Waals surface area (Å²) in [6.45, 7) is 1.94. The summed E-state index contributed by atoms with van der Waals surface area (Å²) in [4.78, 5) is 14.5. The van der Waals surface area contributed by atoms with E-state index in [4.69, 9.17) is 13.9 Å². The Labute approximate surface area is 164 Å². The van der Waals surface area contributed by atoms with Gasteiger partial charge in [-0.3, -0.25) is 9.69 Å². The van der Waals surface area contributed by atoms with Crippen LogP contribution in [0, 0.1) is 0 Å². The number of anilines is 1. The van der Waals surface area contributed by atoms with Gasteiger partial charge in [0.25, 0.3) is 0 Å². The van der Waals surface area contributed by atoms with E-state index < -0.39 is 0 Å². The third kappa shape index (κ3) is 6.26. The molecule has 0 saturated heterocycles. The van der Waals surface area contributed by atoms with Crippen molar-refractivity contribution in [1.29, 1.82) is 0 Å². The predicted octanol–water partition coefficient (Wildman–Crippen LogP) is 4.16. The fourth-order valence-electron chi connectivity index (χ4n) is 2.72. The molecule has 3 rings (SSSR count). The van der Waals surface area contributed by atoms with Gasteiger partial charge in [-0.1, -0.05) is 24.3 Å². The molecule has 1 aromatic heterocycles. The number of amides is 1. The number of rotatable bonds is 10. The van der Waals surface area contributed by atoms with Crippen LogP contribution in [0.2, 0.25) is 0 Å². The van der Waals surface area contributed by atoms with Crippen LogP contribution in [0.25, 0.3) is 0 Å². The van der Waals surface area contributed by atoms with Crippen molar-refractivity contribution in [2.24, 2.45) is 0 Å². The molecule has 0 fully saturated rings. The largest absolute Gasteiger partial charge is 0.468 e. The first-order valence-electron chi connectivity index (χ1n) is 9.09. The molecule has 28 heavy (non-hydrogen) atoms. The number of hydrogen-bond donors (Lipinski definition) is 1. The third-order valence-electron chi connectivity index (χ3n) is 4.04. The topological polar surface area (TPSA) is 63.9 Å². The molecule has 6 nitrogen and oxygen atoms in total. The van der Waals surface area contributed by atoms with Crippen LogP contribution >= 0.6 is 0 Å². The summed E-state index contributed by atoms with van der Waals surface area (Å²) in [6.07, 6.45) is 1.63. The van der Waals surface area contributed by atoms with Gasteiger partial charge in [0.1, 0.15) is 17.3 Å². The minimum absolute atomic E-state index is 0.112. The zero-order valence-corrected chi connectivity index (χ0v) is 15.8. The summed E-state index contributed by atoms with van der Waals surface area (Å²) in [6, 6.07) is 20.6. The summed E-state index contributed by atoms with van der Waals surface area (Å²) in [5, 5.41) is 2.92. The number of carbonyl (C=O) groups excluding carboxylic acids is 1. The molecule has 6 heteroatoms. The summed E-state index contributed by atoms with van der Waals surface area (Å²) < 4.78 is 16.3. The lowest BCUT2D eigenvalue weighted by atomic mass is 10.3. The second kappa shape index (κ2) is 10.3. The van der Waals surface area contributed by atoms with Crippen LogP contribution in [0.4, 0.5) is 5.69 Å². The number of furan rings is 1. The smallest absolute Gasteiger partial charge is 0.238 e. The van der Waals surface area contributed by atoms with Gasteiger partial charge in [0.2, 0.25) is 5.91 Å². The van der Waals surface area contributed by atoms with E-state index >= 15 is 0 Å². The minimum Gasteiger partial charge on any atom is -0.468 e. The number of benzene rings is 2. The zero-order valence-electron chi connectivity index (χ0n) is 15.8. The number of nitrogens with zero attached hydrogens (tertiary/aromatic N) is 1. The van der Waals surface area contributed by atoms with Gasteiger partial charge in [-0.2, -0.15) is 0 Å². The maximum atomic E-state index is 12.5. The Morgan fingerprint density at radius 3 is 2.61 bits per heavy atom. The van der Waals surface area contributed by atoms with Crippen molar-refractivity contribution in [3.63, 3.8) is 0 Å². The molecular weight excluding hydrogens is 356 g/mol. The van der Waals surface area contributed by atoms with Crippen molar-refractivity contribution in [3.8, 4) is 11.5 Å².